The summed E-state index contributed by atoms with van der Waals surface area (Å²) in [5.41, 5.74) is 1.18. The second-order valence-corrected chi connectivity index (χ2v) is 5.32. The minimum atomic E-state index is -0.0437. The maximum Gasteiger partial charge on any atom is 0.255 e. The Morgan fingerprint density at radius 3 is 2.68 bits per heavy atom. The number of hydrogen-bond acceptors (Lipinski definition) is 2. The molecule has 98 valence electrons. The number of nitrogens with zero attached hydrogens (tertiary/aromatic N) is 2. The maximum absolute atomic E-state index is 12.1. The van der Waals surface area contributed by atoms with E-state index in [1.807, 2.05) is 18.2 Å². The average Bonchev–Trinajstić information content (AvgIpc) is 3.22. The summed E-state index contributed by atoms with van der Waals surface area (Å²) in [5.74, 6) is 1.27. The molecule has 3 rings (SSSR count). The molecule has 0 unspecified atom stereocenters. The minimum absolute atomic E-state index is 0.0437. The summed E-state index contributed by atoms with van der Waals surface area (Å²) in [6.45, 7) is 0.666. The van der Waals surface area contributed by atoms with Crippen LogP contribution in [0.25, 0.3) is 0 Å². The van der Waals surface area contributed by atoms with Gasteiger partial charge >= 0.3 is 0 Å². The van der Waals surface area contributed by atoms with Crippen molar-refractivity contribution in [1.29, 1.82) is 0 Å². The van der Waals surface area contributed by atoms with Gasteiger partial charge in [0.25, 0.3) is 5.56 Å². The van der Waals surface area contributed by atoms with Gasteiger partial charge in [0.2, 0.25) is 0 Å². The van der Waals surface area contributed by atoms with Crippen molar-refractivity contribution in [2.24, 2.45) is 0 Å². The number of aryl methyl sites for hydroxylation is 1. The average molecular weight is 275 g/mol. The molecule has 0 saturated heterocycles. The molecule has 0 bridgehead atoms. The van der Waals surface area contributed by atoms with Gasteiger partial charge in [-0.05, 0) is 24.8 Å². The molecule has 0 radical (unpaired) electrons. The smallest absolute Gasteiger partial charge is 0.255 e. The van der Waals surface area contributed by atoms with Crippen molar-refractivity contribution in [2.75, 3.05) is 0 Å². The molecule has 1 heterocycles. The predicted octanol–water partition coefficient (Wildman–Crippen LogP) is 3.02. The van der Waals surface area contributed by atoms with Crippen LogP contribution in [0.15, 0.2) is 41.2 Å². The normalized spacial score (nSPS) is 14.6. The van der Waals surface area contributed by atoms with Crippen LogP contribution in [-0.4, -0.2) is 9.55 Å². The summed E-state index contributed by atoms with van der Waals surface area (Å²) in [4.78, 5) is 16.4. The Bertz CT molecular complexity index is 632. The molecule has 2 aromatic rings. The zero-order valence-corrected chi connectivity index (χ0v) is 11.3. The Morgan fingerprint density at radius 1 is 1.26 bits per heavy atom. The van der Waals surface area contributed by atoms with Gasteiger partial charge in [-0.1, -0.05) is 41.9 Å². The molecule has 19 heavy (non-hydrogen) atoms. The Balaban J connectivity index is 1.86. The lowest BCUT2D eigenvalue weighted by molar-refractivity contribution is 0.609. The van der Waals surface area contributed by atoms with Crippen molar-refractivity contribution in [1.82, 2.24) is 9.55 Å². The van der Waals surface area contributed by atoms with Crippen LogP contribution in [0.1, 0.15) is 30.1 Å². The van der Waals surface area contributed by atoms with Crippen molar-refractivity contribution < 1.29 is 0 Å². The molecule has 0 aliphatic heterocycles. The van der Waals surface area contributed by atoms with Gasteiger partial charge in [0.15, 0.2) is 0 Å². The third-order valence-corrected chi connectivity index (χ3v) is 3.61. The van der Waals surface area contributed by atoms with Gasteiger partial charge in [-0.25, -0.2) is 4.98 Å². The minimum Gasteiger partial charge on any atom is -0.296 e. The fraction of sp³-hybridized carbons (Fsp3) is 0.333. The first-order chi connectivity index (χ1) is 9.24. The Labute approximate surface area is 116 Å². The molecule has 1 saturated carbocycles. The van der Waals surface area contributed by atoms with E-state index in [-0.39, 0.29) is 5.56 Å². The van der Waals surface area contributed by atoms with E-state index in [0.717, 1.165) is 25.1 Å². The number of halogens is 1. The van der Waals surface area contributed by atoms with Gasteiger partial charge in [0.1, 0.15) is 11.0 Å². The van der Waals surface area contributed by atoms with E-state index in [4.69, 9.17) is 11.6 Å². The highest BCUT2D eigenvalue weighted by Gasteiger charge is 2.28. The van der Waals surface area contributed by atoms with Gasteiger partial charge in [0, 0.05) is 18.5 Å². The van der Waals surface area contributed by atoms with E-state index in [1.54, 1.807) is 4.57 Å². The molecule has 1 aliphatic rings. The fourth-order valence-corrected chi connectivity index (χ4v) is 2.44. The van der Waals surface area contributed by atoms with Gasteiger partial charge < -0.3 is 0 Å². The molecule has 1 aromatic heterocycles. The molecule has 3 nitrogen and oxygen atoms in total. The fourth-order valence-electron chi connectivity index (χ4n) is 2.26. The van der Waals surface area contributed by atoms with Crippen molar-refractivity contribution in [2.45, 2.75) is 31.7 Å². The van der Waals surface area contributed by atoms with Crippen LogP contribution in [0, 0.1) is 0 Å². The monoisotopic (exact) mass is 274 g/mol. The highest BCUT2D eigenvalue weighted by Crippen LogP contribution is 2.38. The molecule has 4 heteroatoms. The molecule has 0 amide bonds. The highest BCUT2D eigenvalue weighted by atomic mass is 35.5. The molecule has 1 fully saturated rings. The van der Waals surface area contributed by atoms with E-state index in [9.17, 15) is 4.79 Å². The lowest BCUT2D eigenvalue weighted by Crippen LogP contribution is -2.25. The Hall–Kier alpha value is -1.61. The summed E-state index contributed by atoms with van der Waals surface area (Å²) in [5, 5.41) is 0.308. The molecule has 1 aromatic carbocycles. The van der Waals surface area contributed by atoms with E-state index < -0.39 is 0 Å². The zero-order chi connectivity index (χ0) is 13.2. The lowest BCUT2D eigenvalue weighted by Gasteiger charge is -2.11. The van der Waals surface area contributed by atoms with Crippen LogP contribution in [0.5, 0.6) is 0 Å². The summed E-state index contributed by atoms with van der Waals surface area (Å²) in [6.07, 6.45) is 3.06. The van der Waals surface area contributed by atoms with Gasteiger partial charge in [0.05, 0.1) is 0 Å². The third-order valence-electron chi connectivity index (χ3n) is 3.42. The first kappa shape index (κ1) is 12.4. The third kappa shape index (κ3) is 2.87. The van der Waals surface area contributed by atoms with Gasteiger partial charge in [-0.15, -0.1) is 0 Å². The number of hydrogen-bond donors (Lipinski definition) is 0. The second kappa shape index (κ2) is 5.17. The van der Waals surface area contributed by atoms with Crippen molar-refractivity contribution in [3.8, 4) is 0 Å². The molecule has 1 aliphatic carbocycles. The number of aromatic nitrogens is 2. The number of rotatable bonds is 4. The van der Waals surface area contributed by atoms with Crippen LogP contribution in [-0.2, 0) is 13.0 Å². The van der Waals surface area contributed by atoms with E-state index in [2.05, 4.69) is 17.1 Å². The SMILES string of the molecule is O=c1cc(Cl)nc(C2CC2)n1CCc1ccccc1. The molecule has 0 spiro atoms. The first-order valence-electron chi connectivity index (χ1n) is 6.55. The lowest BCUT2D eigenvalue weighted by atomic mass is 10.1. The summed E-state index contributed by atoms with van der Waals surface area (Å²) < 4.78 is 1.77. The van der Waals surface area contributed by atoms with E-state index in [1.165, 1.54) is 11.6 Å². The molecular formula is C15H15ClN2O. The zero-order valence-electron chi connectivity index (χ0n) is 10.6. The van der Waals surface area contributed by atoms with Crippen LogP contribution in [0.4, 0.5) is 0 Å². The van der Waals surface area contributed by atoms with Crippen LogP contribution in [0.3, 0.4) is 0 Å². The van der Waals surface area contributed by atoms with Gasteiger partial charge in [-0.3, -0.25) is 9.36 Å². The second-order valence-electron chi connectivity index (χ2n) is 4.94. The largest absolute Gasteiger partial charge is 0.296 e. The molecule has 0 atom stereocenters. The Kier molecular flexibility index (Phi) is 3.38. The molecular weight excluding hydrogens is 260 g/mol. The predicted molar refractivity (Wildman–Crippen MR) is 75.6 cm³/mol. The summed E-state index contributed by atoms with van der Waals surface area (Å²) in [6, 6.07) is 11.6. The van der Waals surface area contributed by atoms with Crippen molar-refractivity contribution >= 4 is 11.6 Å². The highest BCUT2D eigenvalue weighted by molar-refractivity contribution is 6.29. The first-order valence-corrected chi connectivity index (χ1v) is 6.93. The van der Waals surface area contributed by atoms with Crippen LogP contribution < -0.4 is 5.56 Å². The maximum atomic E-state index is 12.1. The number of benzene rings is 1. The van der Waals surface area contributed by atoms with E-state index >= 15 is 0 Å². The van der Waals surface area contributed by atoms with Crippen molar-refractivity contribution in [3.05, 3.63) is 63.3 Å². The summed E-state index contributed by atoms with van der Waals surface area (Å²) in [7, 11) is 0. The quantitative estimate of drug-likeness (QED) is 0.804. The van der Waals surface area contributed by atoms with E-state index in [0.29, 0.717) is 17.6 Å². The van der Waals surface area contributed by atoms with Crippen molar-refractivity contribution in [3.63, 3.8) is 0 Å². The standard InChI is InChI=1S/C15H15ClN2O/c16-13-10-14(19)18(15(17-13)12-6-7-12)9-8-11-4-2-1-3-5-11/h1-5,10,12H,6-9H2. The van der Waals surface area contributed by atoms with Crippen LogP contribution >= 0.6 is 11.6 Å². The summed E-state index contributed by atoms with van der Waals surface area (Å²) >= 11 is 5.89. The Morgan fingerprint density at radius 2 is 2.00 bits per heavy atom. The van der Waals surface area contributed by atoms with Gasteiger partial charge in [-0.2, -0.15) is 0 Å². The van der Waals surface area contributed by atoms with Crippen LogP contribution in [0.2, 0.25) is 5.15 Å². The topological polar surface area (TPSA) is 34.9 Å². The molecule has 0 N–H and O–H groups in total.